The highest BCUT2D eigenvalue weighted by molar-refractivity contribution is 6.32. The third-order valence-electron chi connectivity index (χ3n) is 18.9. The van der Waals surface area contributed by atoms with E-state index in [4.69, 9.17) is 79.6 Å². The fourth-order valence-electron chi connectivity index (χ4n) is 13.0. The van der Waals surface area contributed by atoms with Gasteiger partial charge in [0, 0.05) is 15.1 Å². The van der Waals surface area contributed by atoms with Gasteiger partial charge in [-0.1, -0.05) is 296 Å². The number of H-pyrrole nitrogens is 1. The van der Waals surface area contributed by atoms with Crippen molar-refractivity contribution >= 4 is 115 Å². The highest BCUT2D eigenvalue weighted by Gasteiger charge is 2.46. The molecule has 15 rings (SSSR count). The molecule has 0 aliphatic rings. The van der Waals surface area contributed by atoms with Crippen molar-refractivity contribution in [1.82, 2.24) is 45.4 Å². The second kappa shape index (κ2) is 39.2. The van der Waals surface area contributed by atoms with Gasteiger partial charge in [-0.3, -0.25) is 14.4 Å². The molecule has 0 unspecified atom stereocenters. The third-order valence-corrected chi connectivity index (χ3v) is 19.7. The lowest BCUT2D eigenvalue weighted by Gasteiger charge is -2.36. The van der Waals surface area contributed by atoms with Crippen LogP contribution in [0.15, 0.2) is 291 Å². The number of carbonyl (C=O) groups is 6. The Labute approximate surface area is 728 Å². The standard InChI is InChI=1S/C38H32ClN3O5.C32H22ClN3O3.C19H18ClN3O5.C6H11ClO2/c1-37(2,3)36(44)46-25-45-35(43)33-34(47-32-22-20-26-23-31(39)21-19-27(26)24-32)40-41-42(33)38(28-13-7-4-8-14-28,29-15-9-5-10-16-29)30-17-11-6-12-18-30;33-27-18-16-23-21-28(19-17-22(23)20-27)39-30-29(31(37)38)36(35-34-30)32(24-10-4-1-5-11-24,25-12-6-2-7-13-25)26-14-8-3-9-15-26;1-19(2,3)18(25)27-10-26-17(24)15-16(22-23-21-15)28-14-7-5-11-8-13(20)6-4-12(11)9-14;1-6(2,3)5(8)9-4-7/h4-24H,25H2,1-3H3;1-21H,(H,37,38);4-9H,10H2,1-3H3,(H,21,22,23);4H2,1-3H3. The van der Waals surface area contributed by atoms with Crippen LogP contribution in [0.4, 0.5) is 0 Å². The average Bonchev–Trinajstić information content (AvgIpc) is 1.71. The van der Waals surface area contributed by atoms with Gasteiger partial charge in [0.2, 0.25) is 30.7 Å². The van der Waals surface area contributed by atoms with Crippen LogP contribution in [0.2, 0.25) is 15.1 Å². The Kier molecular flexibility index (Phi) is 28.2. The van der Waals surface area contributed by atoms with Gasteiger partial charge in [0.15, 0.2) is 6.07 Å². The van der Waals surface area contributed by atoms with E-state index in [1.54, 1.807) is 105 Å². The average molecular weight is 1730 g/mol. The Hall–Kier alpha value is -13.8. The number of nitrogens with one attached hydrogen (secondary N) is 1. The van der Waals surface area contributed by atoms with E-state index in [2.05, 4.69) is 40.8 Å². The number of alkyl halides is 1. The van der Waals surface area contributed by atoms with Gasteiger partial charge in [0.1, 0.15) is 28.3 Å². The molecule has 15 aromatic rings. The number of hydrogen-bond acceptors (Lipinski definition) is 20. The monoisotopic (exact) mass is 1730 g/mol. The molecule has 3 heterocycles. The number of hydrogen-bond donors (Lipinski definition) is 2. The summed E-state index contributed by atoms with van der Waals surface area (Å²) in [5.74, 6) is -3.08. The largest absolute Gasteiger partial charge is 0.476 e. The zero-order valence-corrected chi connectivity index (χ0v) is 71.1. The summed E-state index contributed by atoms with van der Waals surface area (Å²) < 4.78 is 46.2. The molecule has 28 heteroatoms. The number of ether oxygens (including phenoxy) is 8. The molecule has 0 saturated heterocycles. The van der Waals surface area contributed by atoms with Gasteiger partial charge in [-0.2, -0.15) is 0 Å². The first-order valence-electron chi connectivity index (χ1n) is 38.4. The number of aromatic carboxylic acids is 1. The number of aromatic amines is 1. The predicted molar refractivity (Wildman–Crippen MR) is 468 cm³/mol. The lowest BCUT2D eigenvalue weighted by Crippen LogP contribution is -2.41. The molecule has 0 saturated carbocycles. The number of rotatable bonds is 22. The van der Waals surface area contributed by atoms with Crippen LogP contribution in [0.3, 0.4) is 0 Å². The van der Waals surface area contributed by atoms with Crippen molar-refractivity contribution in [2.24, 2.45) is 16.2 Å². The van der Waals surface area contributed by atoms with Gasteiger partial charge in [-0.25, -0.2) is 28.8 Å². The molecule has 626 valence electrons. The van der Waals surface area contributed by atoms with E-state index in [1.165, 1.54) is 9.36 Å². The van der Waals surface area contributed by atoms with Crippen LogP contribution in [0, 0.1) is 16.2 Å². The fraction of sp³-hybridized carbons (Fsp3) is 0.179. The molecule has 0 radical (unpaired) electrons. The minimum Gasteiger partial charge on any atom is -0.476 e. The lowest BCUT2D eigenvalue weighted by atomic mass is 9.77. The first-order valence-corrected chi connectivity index (χ1v) is 40.1. The van der Waals surface area contributed by atoms with E-state index in [-0.39, 0.29) is 46.8 Å². The van der Waals surface area contributed by atoms with Gasteiger partial charge in [0.25, 0.3) is 17.6 Å². The summed E-state index contributed by atoms with van der Waals surface area (Å²) >= 11 is 23.5. The fourth-order valence-corrected chi connectivity index (χ4v) is 13.6. The van der Waals surface area contributed by atoms with Crippen LogP contribution in [0.25, 0.3) is 32.3 Å². The summed E-state index contributed by atoms with van der Waals surface area (Å²) in [6.07, 6.45) is 0. The Bertz CT molecular complexity index is 6030. The number of aromatic nitrogens is 9. The summed E-state index contributed by atoms with van der Waals surface area (Å²) in [5, 5.41) is 45.4. The molecule has 12 aromatic carbocycles. The molecule has 0 spiro atoms. The van der Waals surface area contributed by atoms with Crippen molar-refractivity contribution in [1.29, 1.82) is 0 Å². The van der Waals surface area contributed by atoms with Gasteiger partial charge >= 0.3 is 35.8 Å². The molecule has 0 fully saturated rings. The number of fused-ring (bicyclic) bond motifs is 3. The number of carboxylic acids is 1. The molecule has 0 amide bonds. The smallest absolute Gasteiger partial charge is 0.365 e. The maximum absolute atomic E-state index is 14.2. The highest BCUT2D eigenvalue weighted by Crippen LogP contribution is 2.46. The number of carboxylic acid groups (broad SMARTS) is 1. The van der Waals surface area contributed by atoms with E-state index in [0.717, 1.165) is 65.7 Å². The van der Waals surface area contributed by atoms with Gasteiger partial charge in [-0.15, -0.1) is 0 Å². The molecular formula is C95H83Cl4N9O15. The lowest BCUT2D eigenvalue weighted by molar-refractivity contribution is -0.162. The van der Waals surface area contributed by atoms with Crippen LogP contribution >= 0.6 is 46.4 Å². The van der Waals surface area contributed by atoms with Crippen molar-refractivity contribution in [2.45, 2.75) is 73.4 Å². The van der Waals surface area contributed by atoms with Crippen molar-refractivity contribution in [3.8, 4) is 34.9 Å². The number of carbonyl (C=O) groups excluding carboxylic acids is 5. The Morgan fingerprint density at radius 2 is 0.626 bits per heavy atom. The molecule has 2 N–H and O–H groups in total. The Morgan fingerprint density at radius 3 is 0.935 bits per heavy atom. The van der Waals surface area contributed by atoms with Gasteiger partial charge < -0.3 is 43.0 Å². The first kappa shape index (κ1) is 88.5. The predicted octanol–water partition coefficient (Wildman–Crippen LogP) is 21.7. The maximum Gasteiger partial charge on any atom is 0.365 e. The molecule has 0 aliphatic heterocycles. The van der Waals surface area contributed by atoms with E-state index in [0.29, 0.717) is 32.3 Å². The summed E-state index contributed by atoms with van der Waals surface area (Å²) in [5.41, 5.74) is 0.283. The minimum absolute atomic E-state index is 0.0551. The van der Waals surface area contributed by atoms with Gasteiger partial charge in [0.05, 0.1) is 16.2 Å². The molecular weight excluding hydrogens is 1650 g/mol. The van der Waals surface area contributed by atoms with Crippen LogP contribution in [0.5, 0.6) is 34.9 Å². The summed E-state index contributed by atoms with van der Waals surface area (Å²) in [6.45, 7) is 14.4. The van der Waals surface area contributed by atoms with Crippen LogP contribution < -0.4 is 14.2 Å². The zero-order chi connectivity index (χ0) is 87.6. The molecule has 24 nitrogen and oxygen atoms in total. The van der Waals surface area contributed by atoms with Crippen molar-refractivity contribution < 1.29 is 71.8 Å². The molecule has 123 heavy (non-hydrogen) atoms. The van der Waals surface area contributed by atoms with Crippen molar-refractivity contribution in [3.63, 3.8) is 0 Å². The Balaban J connectivity index is 0.000000164. The third kappa shape index (κ3) is 21.0. The minimum atomic E-state index is -1.21. The Morgan fingerprint density at radius 1 is 0.341 bits per heavy atom. The number of nitrogens with zero attached hydrogens (tertiary/aromatic N) is 8. The van der Waals surface area contributed by atoms with Crippen LogP contribution in [0.1, 0.15) is 127 Å². The van der Waals surface area contributed by atoms with Crippen molar-refractivity contribution in [3.05, 3.63) is 357 Å². The zero-order valence-electron chi connectivity index (χ0n) is 68.1. The highest BCUT2D eigenvalue weighted by atomic mass is 35.5. The first-order chi connectivity index (χ1) is 59.0. The molecule has 0 atom stereocenters. The number of halogens is 4. The number of esters is 5. The van der Waals surface area contributed by atoms with Crippen LogP contribution in [-0.2, 0) is 49.1 Å². The quantitative estimate of drug-likeness (QED) is 0.0209. The van der Waals surface area contributed by atoms with E-state index < -0.39 is 70.8 Å². The SMILES string of the molecule is CC(C)(C)C(=O)OCCl.CC(C)(C)C(=O)OCOC(=O)c1[nH]nnc1Oc1ccc2cc(Cl)ccc2c1.CC(C)(C)C(=O)OCOC(=O)c1c(Oc2ccc3cc(Cl)ccc3c2)nnn1C(c1ccccc1)(c1ccccc1)c1ccccc1.O=C(O)c1c(Oc2ccc3cc(Cl)ccc3c2)nnn1C(c1ccccc1)(c1ccccc1)c1ccccc1. The normalized spacial score (nSPS) is 11.5. The second-order valence-corrected chi connectivity index (χ2v) is 32.3. The summed E-state index contributed by atoms with van der Waals surface area (Å²) in [6, 6.07) is 90.9. The van der Waals surface area contributed by atoms with E-state index in [9.17, 15) is 33.9 Å². The van der Waals surface area contributed by atoms with Gasteiger partial charge in [-0.05, 0) is 201 Å². The number of benzene rings is 12. The molecule has 0 bridgehead atoms. The van der Waals surface area contributed by atoms with E-state index >= 15 is 0 Å². The molecule has 0 aliphatic carbocycles. The van der Waals surface area contributed by atoms with Crippen LogP contribution in [-0.4, -0.2) is 106 Å². The maximum atomic E-state index is 14.2. The van der Waals surface area contributed by atoms with E-state index in [1.807, 2.05) is 249 Å². The summed E-state index contributed by atoms with van der Waals surface area (Å²) in [4.78, 5) is 74.1. The molecule has 3 aromatic heterocycles. The topological polar surface area (TPSA) is 299 Å². The summed E-state index contributed by atoms with van der Waals surface area (Å²) in [7, 11) is 0. The second-order valence-electron chi connectivity index (χ2n) is 30.7. The van der Waals surface area contributed by atoms with Crippen molar-refractivity contribution in [2.75, 3.05) is 19.7 Å².